The fraction of sp³-hybridized carbons (Fsp3) is 0.211. The highest BCUT2D eigenvalue weighted by Crippen LogP contribution is 2.23. The van der Waals surface area contributed by atoms with Crippen molar-refractivity contribution in [3.63, 3.8) is 0 Å². The number of halogens is 1. The molecular formula is C19H18FNO3. The normalized spacial score (nSPS) is 12.3. The average molecular weight is 327 g/mol. The van der Waals surface area contributed by atoms with Gasteiger partial charge in [-0.15, -0.1) is 0 Å². The van der Waals surface area contributed by atoms with Crippen LogP contribution in [0.1, 0.15) is 24.1 Å². The Labute approximate surface area is 138 Å². The van der Waals surface area contributed by atoms with Crippen LogP contribution < -0.4 is 15.7 Å². The van der Waals surface area contributed by atoms with Crippen LogP contribution in [-0.2, 0) is 6.54 Å². The maximum atomic E-state index is 13.8. The van der Waals surface area contributed by atoms with E-state index in [9.17, 15) is 9.18 Å². The van der Waals surface area contributed by atoms with Crippen LogP contribution in [0.2, 0.25) is 0 Å². The Morgan fingerprint density at radius 3 is 2.75 bits per heavy atom. The number of methoxy groups -OCH3 is 1. The molecule has 0 aliphatic carbocycles. The molecule has 0 saturated carbocycles. The Morgan fingerprint density at radius 2 is 2.00 bits per heavy atom. The molecule has 1 N–H and O–H groups in total. The summed E-state index contributed by atoms with van der Waals surface area (Å²) in [6.45, 7) is 2.30. The zero-order valence-electron chi connectivity index (χ0n) is 13.5. The van der Waals surface area contributed by atoms with Gasteiger partial charge < -0.3 is 14.5 Å². The summed E-state index contributed by atoms with van der Waals surface area (Å²) in [5.74, 6) is 0.371. The minimum atomic E-state index is -0.425. The molecule has 0 spiro atoms. The number of fused-ring (bicyclic) bond motifs is 1. The predicted octanol–water partition coefficient (Wildman–Crippen LogP) is 3.79. The quantitative estimate of drug-likeness (QED) is 0.724. The number of rotatable bonds is 5. The van der Waals surface area contributed by atoms with Crippen LogP contribution >= 0.6 is 0 Å². The van der Waals surface area contributed by atoms with Gasteiger partial charge in [-0.3, -0.25) is 0 Å². The first kappa shape index (κ1) is 16.2. The first-order valence-electron chi connectivity index (χ1n) is 7.67. The summed E-state index contributed by atoms with van der Waals surface area (Å²) in [6, 6.07) is 13.3. The molecule has 1 atom stereocenters. The lowest BCUT2D eigenvalue weighted by Gasteiger charge is -2.15. The van der Waals surface area contributed by atoms with Crippen LogP contribution in [0.15, 0.2) is 57.7 Å². The van der Waals surface area contributed by atoms with Gasteiger partial charge in [-0.05, 0) is 30.7 Å². The lowest BCUT2D eigenvalue weighted by atomic mass is 10.1. The third kappa shape index (κ3) is 3.31. The van der Waals surface area contributed by atoms with Gasteiger partial charge in [-0.1, -0.05) is 18.2 Å². The standard InChI is InChI=1S/C19H18FNO3/c1-12(15-5-3-4-6-17(15)20)21-11-13-9-19(22)24-18-10-14(23-2)7-8-16(13)18/h3-10,12,21H,11H2,1-2H3. The third-order valence-corrected chi connectivity index (χ3v) is 4.01. The summed E-state index contributed by atoms with van der Waals surface area (Å²) in [5.41, 5.74) is 1.43. The summed E-state index contributed by atoms with van der Waals surface area (Å²) in [7, 11) is 1.56. The van der Waals surface area contributed by atoms with Crippen molar-refractivity contribution < 1.29 is 13.5 Å². The van der Waals surface area contributed by atoms with Crippen LogP contribution in [0.4, 0.5) is 4.39 Å². The van der Waals surface area contributed by atoms with Crippen molar-refractivity contribution in [3.05, 3.63) is 75.9 Å². The molecule has 0 radical (unpaired) electrons. The molecule has 0 fully saturated rings. The maximum Gasteiger partial charge on any atom is 0.336 e. The van der Waals surface area contributed by atoms with Gasteiger partial charge in [0.2, 0.25) is 0 Å². The van der Waals surface area contributed by atoms with Gasteiger partial charge in [0, 0.05) is 35.7 Å². The number of nitrogens with one attached hydrogen (secondary N) is 1. The number of hydrogen-bond donors (Lipinski definition) is 1. The molecule has 0 aliphatic heterocycles. The molecule has 1 heterocycles. The Morgan fingerprint density at radius 1 is 1.21 bits per heavy atom. The van der Waals surface area contributed by atoms with Crippen molar-refractivity contribution in [1.82, 2.24) is 5.32 Å². The van der Waals surface area contributed by atoms with Crippen molar-refractivity contribution in [1.29, 1.82) is 0 Å². The zero-order valence-corrected chi connectivity index (χ0v) is 13.5. The molecule has 2 aromatic carbocycles. The third-order valence-electron chi connectivity index (χ3n) is 4.01. The van der Waals surface area contributed by atoms with Crippen molar-refractivity contribution in [2.75, 3.05) is 7.11 Å². The topological polar surface area (TPSA) is 51.5 Å². The van der Waals surface area contributed by atoms with E-state index in [2.05, 4.69) is 5.32 Å². The van der Waals surface area contributed by atoms with Crippen molar-refractivity contribution in [3.8, 4) is 5.75 Å². The van der Waals surface area contributed by atoms with Crippen molar-refractivity contribution >= 4 is 11.0 Å². The van der Waals surface area contributed by atoms with Crippen LogP contribution in [0.25, 0.3) is 11.0 Å². The highest BCUT2D eigenvalue weighted by atomic mass is 19.1. The Kier molecular flexibility index (Phi) is 4.62. The molecule has 3 aromatic rings. The second-order valence-electron chi connectivity index (χ2n) is 5.58. The summed E-state index contributed by atoms with van der Waals surface area (Å²) >= 11 is 0. The van der Waals surface area contributed by atoms with Crippen LogP contribution in [0, 0.1) is 5.82 Å². The lowest BCUT2D eigenvalue weighted by molar-refractivity contribution is 0.414. The van der Waals surface area contributed by atoms with Gasteiger partial charge in [-0.2, -0.15) is 0 Å². The van der Waals surface area contributed by atoms with E-state index in [-0.39, 0.29) is 11.9 Å². The molecule has 0 saturated heterocycles. The molecule has 1 aromatic heterocycles. The molecule has 0 bridgehead atoms. The van der Waals surface area contributed by atoms with Gasteiger partial charge in [0.05, 0.1) is 7.11 Å². The Bertz CT molecular complexity index is 920. The van der Waals surface area contributed by atoms with Crippen LogP contribution in [0.3, 0.4) is 0 Å². The second-order valence-corrected chi connectivity index (χ2v) is 5.58. The SMILES string of the molecule is COc1ccc2c(CNC(C)c3ccccc3F)cc(=O)oc2c1. The van der Waals surface area contributed by atoms with Crippen LogP contribution in [0.5, 0.6) is 5.75 Å². The van der Waals surface area contributed by atoms with E-state index in [0.29, 0.717) is 23.4 Å². The van der Waals surface area contributed by atoms with E-state index >= 15 is 0 Å². The summed E-state index contributed by atoms with van der Waals surface area (Å²) < 4.78 is 24.2. The van der Waals surface area contributed by atoms with Gasteiger partial charge in [0.15, 0.2) is 0 Å². The van der Waals surface area contributed by atoms with E-state index in [1.165, 1.54) is 12.1 Å². The Balaban J connectivity index is 1.87. The van der Waals surface area contributed by atoms with E-state index in [4.69, 9.17) is 9.15 Å². The summed E-state index contributed by atoms with van der Waals surface area (Å²) in [6.07, 6.45) is 0. The van der Waals surface area contributed by atoms with Crippen LogP contribution in [-0.4, -0.2) is 7.11 Å². The molecule has 0 amide bonds. The minimum absolute atomic E-state index is 0.188. The van der Waals surface area contributed by atoms with Gasteiger partial charge in [-0.25, -0.2) is 9.18 Å². The minimum Gasteiger partial charge on any atom is -0.497 e. The van der Waals surface area contributed by atoms with Gasteiger partial charge >= 0.3 is 5.63 Å². The molecule has 5 heteroatoms. The van der Waals surface area contributed by atoms with Crippen molar-refractivity contribution in [2.45, 2.75) is 19.5 Å². The number of hydrogen-bond acceptors (Lipinski definition) is 4. The maximum absolute atomic E-state index is 13.8. The first-order chi connectivity index (χ1) is 11.6. The monoisotopic (exact) mass is 327 g/mol. The largest absolute Gasteiger partial charge is 0.497 e. The number of benzene rings is 2. The van der Waals surface area contributed by atoms with E-state index in [1.54, 1.807) is 31.4 Å². The first-order valence-corrected chi connectivity index (χ1v) is 7.67. The van der Waals surface area contributed by atoms with Crippen molar-refractivity contribution in [2.24, 2.45) is 0 Å². The summed E-state index contributed by atoms with van der Waals surface area (Å²) in [5, 5.41) is 4.07. The average Bonchev–Trinajstić information content (AvgIpc) is 2.59. The Hall–Kier alpha value is -2.66. The molecule has 0 aliphatic rings. The molecular weight excluding hydrogens is 309 g/mol. The molecule has 4 nitrogen and oxygen atoms in total. The highest BCUT2D eigenvalue weighted by Gasteiger charge is 2.12. The smallest absolute Gasteiger partial charge is 0.336 e. The zero-order chi connectivity index (χ0) is 17.1. The number of ether oxygens (including phenoxy) is 1. The predicted molar refractivity (Wildman–Crippen MR) is 90.7 cm³/mol. The van der Waals surface area contributed by atoms with Gasteiger partial charge in [0.1, 0.15) is 17.1 Å². The fourth-order valence-electron chi connectivity index (χ4n) is 2.68. The van der Waals surface area contributed by atoms with E-state index < -0.39 is 5.63 Å². The highest BCUT2D eigenvalue weighted by molar-refractivity contribution is 5.81. The van der Waals surface area contributed by atoms with Gasteiger partial charge in [0.25, 0.3) is 0 Å². The molecule has 124 valence electrons. The summed E-state index contributed by atoms with van der Waals surface area (Å²) in [4.78, 5) is 11.8. The fourth-order valence-corrected chi connectivity index (χ4v) is 2.68. The molecule has 3 rings (SSSR count). The second kappa shape index (κ2) is 6.84. The molecule has 24 heavy (non-hydrogen) atoms. The van der Waals surface area contributed by atoms with E-state index in [0.717, 1.165) is 10.9 Å². The lowest BCUT2D eigenvalue weighted by Crippen LogP contribution is -2.20. The molecule has 1 unspecified atom stereocenters. The van der Waals surface area contributed by atoms with E-state index in [1.807, 2.05) is 19.1 Å².